The van der Waals surface area contributed by atoms with E-state index in [0.29, 0.717) is 17.9 Å². The maximum atomic E-state index is 11.9. The van der Waals surface area contributed by atoms with Crippen LogP contribution in [0.5, 0.6) is 0 Å². The molecule has 2 aromatic rings. The Morgan fingerprint density at radius 2 is 2.28 bits per heavy atom. The molecular formula is C13H15N3O2. The summed E-state index contributed by atoms with van der Waals surface area (Å²) in [5.74, 6) is 0. The van der Waals surface area contributed by atoms with E-state index >= 15 is 0 Å². The average molecular weight is 245 g/mol. The van der Waals surface area contributed by atoms with Gasteiger partial charge in [0.05, 0.1) is 12.3 Å². The molecule has 5 heteroatoms. The zero-order valence-corrected chi connectivity index (χ0v) is 9.97. The first-order valence-electron chi connectivity index (χ1n) is 6.06. The minimum absolute atomic E-state index is 0.0776. The average Bonchev–Trinajstić information content (AvgIpc) is 3.17. The van der Waals surface area contributed by atoms with E-state index in [-0.39, 0.29) is 17.7 Å². The Morgan fingerprint density at radius 1 is 1.44 bits per heavy atom. The second-order valence-corrected chi connectivity index (χ2v) is 4.81. The van der Waals surface area contributed by atoms with E-state index in [9.17, 15) is 9.90 Å². The van der Waals surface area contributed by atoms with Crippen LogP contribution in [0.2, 0.25) is 0 Å². The molecule has 94 valence electrons. The minimum atomic E-state index is -0.135. The predicted octanol–water partition coefficient (Wildman–Crippen LogP) is 0.309. The van der Waals surface area contributed by atoms with Gasteiger partial charge in [-0.15, -0.1) is 0 Å². The van der Waals surface area contributed by atoms with Crippen LogP contribution in [-0.2, 0) is 6.54 Å². The highest BCUT2D eigenvalue weighted by Gasteiger charge is 2.41. The fourth-order valence-electron chi connectivity index (χ4n) is 2.01. The van der Waals surface area contributed by atoms with Crippen LogP contribution in [0.15, 0.2) is 35.3 Å². The van der Waals surface area contributed by atoms with Gasteiger partial charge in [0, 0.05) is 24.3 Å². The number of aromatic nitrogens is 2. The normalized spacial score (nSPS) is 16.9. The number of nitrogens with one attached hydrogen (secondary N) is 1. The van der Waals surface area contributed by atoms with Crippen molar-refractivity contribution in [3.63, 3.8) is 0 Å². The van der Waals surface area contributed by atoms with Crippen molar-refractivity contribution in [2.75, 3.05) is 6.61 Å². The van der Waals surface area contributed by atoms with Crippen molar-refractivity contribution in [3.8, 4) is 0 Å². The zero-order chi connectivity index (χ0) is 12.6. The van der Waals surface area contributed by atoms with Crippen LogP contribution in [0, 0.1) is 0 Å². The number of fused-ring (bicyclic) bond motifs is 1. The summed E-state index contributed by atoms with van der Waals surface area (Å²) in [6.45, 7) is 0.654. The molecule has 3 rings (SSSR count). The Bertz CT molecular complexity index is 631. The summed E-state index contributed by atoms with van der Waals surface area (Å²) in [7, 11) is 0. The third-order valence-electron chi connectivity index (χ3n) is 3.42. The summed E-state index contributed by atoms with van der Waals surface area (Å²) in [5, 5.41) is 12.5. The summed E-state index contributed by atoms with van der Waals surface area (Å²) < 4.78 is 1.52. The molecule has 18 heavy (non-hydrogen) atoms. The zero-order valence-electron chi connectivity index (χ0n) is 9.97. The van der Waals surface area contributed by atoms with E-state index in [2.05, 4.69) is 10.3 Å². The van der Waals surface area contributed by atoms with Crippen molar-refractivity contribution in [3.05, 3.63) is 46.5 Å². The number of hydrogen-bond acceptors (Lipinski definition) is 4. The summed E-state index contributed by atoms with van der Waals surface area (Å²) in [4.78, 5) is 16.3. The molecule has 1 saturated carbocycles. The lowest BCUT2D eigenvalue weighted by atomic mass is 10.2. The summed E-state index contributed by atoms with van der Waals surface area (Å²) in [6.07, 6.45) is 3.67. The van der Waals surface area contributed by atoms with Crippen molar-refractivity contribution < 1.29 is 5.11 Å². The van der Waals surface area contributed by atoms with E-state index in [0.717, 1.165) is 12.8 Å². The van der Waals surface area contributed by atoms with Gasteiger partial charge in [-0.2, -0.15) is 0 Å². The van der Waals surface area contributed by atoms with Crippen molar-refractivity contribution >= 4 is 5.65 Å². The fourth-order valence-corrected chi connectivity index (χ4v) is 2.01. The standard InChI is InChI=1S/C13H15N3O2/c17-9-13(4-5-13)14-8-10-7-12(18)16-6-2-1-3-11(16)15-10/h1-3,6-7,14,17H,4-5,8-9H2. The molecule has 1 aliphatic carbocycles. The van der Waals surface area contributed by atoms with Gasteiger partial charge in [-0.3, -0.25) is 9.20 Å². The van der Waals surface area contributed by atoms with Crippen LogP contribution in [0.25, 0.3) is 5.65 Å². The topological polar surface area (TPSA) is 66.6 Å². The summed E-state index contributed by atoms with van der Waals surface area (Å²) >= 11 is 0. The molecule has 1 aliphatic rings. The first-order valence-corrected chi connectivity index (χ1v) is 6.06. The van der Waals surface area contributed by atoms with Gasteiger partial charge in [0.1, 0.15) is 5.65 Å². The number of nitrogens with zero attached hydrogens (tertiary/aromatic N) is 2. The van der Waals surface area contributed by atoms with Gasteiger partial charge in [-0.05, 0) is 25.0 Å². The van der Waals surface area contributed by atoms with Gasteiger partial charge in [0.15, 0.2) is 0 Å². The van der Waals surface area contributed by atoms with E-state index < -0.39 is 0 Å². The quantitative estimate of drug-likeness (QED) is 0.813. The highest BCUT2D eigenvalue weighted by atomic mass is 16.3. The summed E-state index contributed by atoms with van der Waals surface area (Å²) in [5.41, 5.74) is 1.15. The van der Waals surface area contributed by atoms with E-state index in [1.54, 1.807) is 12.3 Å². The minimum Gasteiger partial charge on any atom is -0.394 e. The maximum Gasteiger partial charge on any atom is 0.258 e. The van der Waals surface area contributed by atoms with E-state index in [4.69, 9.17) is 0 Å². The molecule has 0 radical (unpaired) electrons. The Kier molecular flexibility index (Phi) is 2.65. The molecule has 5 nitrogen and oxygen atoms in total. The Morgan fingerprint density at radius 3 is 3.00 bits per heavy atom. The van der Waals surface area contributed by atoms with Crippen molar-refractivity contribution in [1.29, 1.82) is 0 Å². The molecular weight excluding hydrogens is 230 g/mol. The third kappa shape index (κ3) is 2.02. The molecule has 0 amide bonds. The molecule has 2 N–H and O–H groups in total. The van der Waals surface area contributed by atoms with Crippen LogP contribution in [-0.4, -0.2) is 26.6 Å². The lowest BCUT2D eigenvalue weighted by Gasteiger charge is -2.13. The van der Waals surface area contributed by atoms with Gasteiger partial charge in [0.25, 0.3) is 5.56 Å². The molecule has 0 saturated heterocycles. The van der Waals surface area contributed by atoms with Gasteiger partial charge in [-0.1, -0.05) is 6.07 Å². The Balaban J connectivity index is 1.87. The van der Waals surface area contributed by atoms with Gasteiger partial charge >= 0.3 is 0 Å². The SMILES string of the molecule is O=c1cc(CNC2(CO)CC2)nc2ccccn12. The smallest absolute Gasteiger partial charge is 0.258 e. The van der Waals surface area contributed by atoms with Crippen LogP contribution < -0.4 is 10.9 Å². The second-order valence-electron chi connectivity index (χ2n) is 4.81. The number of aliphatic hydroxyl groups is 1. The van der Waals surface area contributed by atoms with Crippen molar-refractivity contribution in [2.24, 2.45) is 0 Å². The molecule has 2 heterocycles. The summed E-state index contributed by atoms with van der Waals surface area (Å²) in [6, 6.07) is 7.01. The molecule has 0 unspecified atom stereocenters. The van der Waals surface area contributed by atoms with Crippen molar-refractivity contribution in [2.45, 2.75) is 24.9 Å². The largest absolute Gasteiger partial charge is 0.394 e. The molecule has 0 atom stereocenters. The number of rotatable bonds is 4. The highest BCUT2D eigenvalue weighted by molar-refractivity contribution is 5.38. The fraction of sp³-hybridized carbons (Fsp3) is 0.385. The Hall–Kier alpha value is -1.72. The first-order chi connectivity index (χ1) is 8.72. The van der Waals surface area contributed by atoms with E-state index in [1.165, 1.54) is 10.5 Å². The molecule has 0 bridgehead atoms. The number of aliphatic hydroxyl groups excluding tert-OH is 1. The lowest BCUT2D eigenvalue weighted by Crippen LogP contribution is -2.34. The molecule has 1 fully saturated rings. The highest BCUT2D eigenvalue weighted by Crippen LogP contribution is 2.34. The maximum absolute atomic E-state index is 11.9. The van der Waals surface area contributed by atoms with Crippen molar-refractivity contribution in [1.82, 2.24) is 14.7 Å². The predicted molar refractivity (Wildman–Crippen MR) is 67.4 cm³/mol. The molecule has 0 aromatic carbocycles. The van der Waals surface area contributed by atoms with Crippen LogP contribution >= 0.6 is 0 Å². The Labute approximate surface area is 104 Å². The van der Waals surface area contributed by atoms with Gasteiger partial charge in [0.2, 0.25) is 0 Å². The van der Waals surface area contributed by atoms with Crippen LogP contribution in [0.3, 0.4) is 0 Å². The van der Waals surface area contributed by atoms with E-state index in [1.807, 2.05) is 12.1 Å². The number of pyridine rings is 1. The molecule has 0 spiro atoms. The monoisotopic (exact) mass is 245 g/mol. The lowest BCUT2D eigenvalue weighted by molar-refractivity contribution is 0.229. The van der Waals surface area contributed by atoms with Gasteiger partial charge < -0.3 is 10.4 Å². The third-order valence-corrected chi connectivity index (χ3v) is 3.42. The molecule has 2 aromatic heterocycles. The van der Waals surface area contributed by atoms with Crippen LogP contribution in [0.1, 0.15) is 18.5 Å². The molecule has 0 aliphatic heterocycles. The first kappa shape index (κ1) is 11.4. The number of hydrogen-bond donors (Lipinski definition) is 2. The van der Waals surface area contributed by atoms with Crippen LogP contribution in [0.4, 0.5) is 0 Å². The second kappa shape index (κ2) is 4.19. The van der Waals surface area contributed by atoms with Gasteiger partial charge in [-0.25, -0.2) is 4.98 Å².